The van der Waals surface area contributed by atoms with Crippen LogP contribution in [0.3, 0.4) is 0 Å². The van der Waals surface area contributed by atoms with Crippen LogP contribution >= 0.6 is 0 Å². The van der Waals surface area contributed by atoms with Crippen LogP contribution in [0.2, 0.25) is 0 Å². The number of fused-ring (bicyclic) bond motifs is 1. The Balaban J connectivity index is 2.19. The SMILES string of the molecule is NC1(c2nc3c(=O)[nH]cnc3[nH]2)CCCC1. The molecule has 0 radical (unpaired) electrons. The monoisotopic (exact) mass is 219 g/mol. The molecule has 0 bridgehead atoms. The molecular weight excluding hydrogens is 206 g/mol. The van der Waals surface area contributed by atoms with E-state index in [2.05, 4.69) is 19.9 Å². The molecule has 16 heavy (non-hydrogen) atoms. The van der Waals surface area contributed by atoms with Crippen LogP contribution in [0.1, 0.15) is 31.5 Å². The molecule has 2 aromatic heterocycles. The van der Waals surface area contributed by atoms with E-state index < -0.39 is 5.54 Å². The molecule has 6 nitrogen and oxygen atoms in total. The van der Waals surface area contributed by atoms with E-state index in [1.807, 2.05) is 0 Å². The first-order chi connectivity index (χ1) is 7.69. The zero-order chi connectivity index (χ0) is 11.2. The summed E-state index contributed by atoms with van der Waals surface area (Å²) in [5.41, 5.74) is 6.47. The number of aromatic amines is 2. The molecule has 3 rings (SSSR count). The topological polar surface area (TPSA) is 100 Å². The van der Waals surface area contributed by atoms with Gasteiger partial charge in [-0.25, -0.2) is 9.97 Å². The van der Waals surface area contributed by atoms with Crippen LogP contribution in [-0.4, -0.2) is 19.9 Å². The highest BCUT2D eigenvalue weighted by molar-refractivity contribution is 5.68. The van der Waals surface area contributed by atoms with Gasteiger partial charge in [-0.3, -0.25) is 4.79 Å². The van der Waals surface area contributed by atoms with Crippen LogP contribution in [0.15, 0.2) is 11.1 Å². The van der Waals surface area contributed by atoms with E-state index in [9.17, 15) is 4.79 Å². The number of nitrogens with two attached hydrogens (primary N) is 1. The van der Waals surface area contributed by atoms with Gasteiger partial charge in [-0.15, -0.1) is 0 Å². The number of aromatic nitrogens is 4. The molecule has 1 saturated carbocycles. The van der Waals surface area contributed by atoms with Gasteiger partial charge in [0.2, 0.25) is 0 Å². The fourth-order valence-electron chi connectivity index (χ4n) is 2.32. The number of rotatable bonds is 1. The zero-order valence-electron chi connectivity index (χ0n) is 8.79. The third-order valence-corrected chi connectivity index (χ3v) is 3.26. The van der Waals surface area contributed by atoms with E-state index >= 15 is 0 Å². The molecule has 1 aliphatic carbocycles. The molecule has 0 aromatic carbocycles. The second-order valence-electron chi connectivity index (χ2n) is 4.38. The summed E-state index contributed by atoms with van der Waals surface area (Å²) in [5.74, 6) is 0.684. The van der Waals surface area contributed by atoms with E-state index in [1.54, 1.807) is 0 Å². The van der Waals surface area contributed by atoms with Crippen molar-refractivity contribution in [1.82, 2.24) is 19.9 Å². The molecule has 6 heteroatoms. The van der Waals surface area contributed by atoms with E-state index in [1.165, 1.54) is 6.33 Å². The van der Waals surface area contributed by atoms with Crippen molar-refractivity contribution in [2.24, 2.45) is 5.73 Å². The molecule has 0 atom stereocenters. The molecule has 1 fully saturated rings. The van der Waals surface area contributed by atoms with Crippen LogP contribution in [0.25, 0.3) is 11.2 Å². The Morgan fingerprint density at radius 2 is 2.12 bits per heavy atom. The quantitative estimate of drug-likeness (QED) is 0.645. The standard InChI is InChI=1S/C10H13N5O/c11-10(3-1-2-4-10)9-14-6-7(15-9)12-5-13-8(6)16/h5H,1-4,11H2,(H2,12,13,14,15,16). The highest BCUT2D eigenvalue weighted by atomic mass is 16.1. The first-order valence-electron chi connectivity index (χ1n) is 5.42. The summed E-state index contributed by atoms with van der Waals surface area (Å²) in [6, 6.07) is 0. The van der Waals surface area contributed by atoms with Gasteiger partial charge in [-0.2, -0.15) is 0 Å². The highest BCUT2D eigenvalue weighted by Gasteiger charge is 2.34. The summed E-state index contributed by atoms with van der Waals surface area (Å²) in [7, 11) is 0. The Morgan fingerprint density at radius 3 is 2.81 bits per heavy atom. The first-order valence-corrected chi connectivity index (χ1v) is 5.42. The Kier molecular flexibility index (Phi) is 1.88. The highest BCUT2D eigenvalue weighted by Crippen LogP contribution is 2.34. The van der Waals surface area contributed by atoms with Crippen LogP contribution < -0.4 is 11.3 Å². The Hall–Kier alpha value is -1.69. The van der Waals surface area contributed by atoms with E-state index in [4.69, 9.17) is 5.73 Å². The minimum absolute atomic E-state index is 0.228. The summed E-state index contributed by atoms with van der Waals surface area (Å²) in [5, 5.41) is 0. The Labute approximate surface area is 91.3 Å². The number of nitrogens with zero attached hydrogens (tertiary/aromatic N) is 2. The number of imidazole rings is 1. The normalized spacial score (nSPS) is 19.3. The minimum atomic E-state index is -0.410. The smallest absolute Gasteiger partial charge is 0.278 e. The molecule has 0 amide bonds. The van der Waals surface area contributed by atoms with Gasteiger partial charge in [-0.1, -0.05) is 12.8 Å². The maximum absolute atomic E-state index is 11.5. The first kappa shape index (κ1) is 9.53. The lowest BCUT2D eigenvalue weighted by Crippen LogP contribution is -2.34. The molecule has 2 heterocycles. The molecule has 84 valence electrons. The zero-order valence-corrected chi connectivity index (χ0v) is 8.79. The predicted octanol–water partition coefficient (Wildman–Crippen LogP) is 0.374. The summed E-state index contributed by atoms with van der Waals surface area (Å²) < 4.78 is 0. The van der Waals surface area contributed by atoms with Crippen LogP contribution in [-0.2, 0) is 5.54 Å². The lowest BCUT2D eigenvalue weighted by Gasteiger charge is -2.19. The fraction of sp³-hybridized carbons (Fsp3) is 0.500. The molecule has 0 aliphatic heterocycles. The third-order valence-electron chi connectivity index (χ3n) is 3.26. The largest absolute Gasteiger partial charge is 0.325 e. The van der Waals surface area contributed by atoms with Gasteiger partial charge in [0.25, 0.3) is 5.56 Å². The Bertz CT molecular complexity index is 578. The average molecular weight is 219 g/mol. The van der Waals surface area contributed by atoms with Crippen molar-refractivity contribution in [2.75, 3.05) is 0 Å². The molecule has 2 aromatic rings. The van der Waals surface area contributed by atoms with Crippen molar-refractivity contribution < 1.29 is 0 Å². The maximum atomic E-state index is 11.5. The van der Waals surface area contributed by atoms with Crippen molar-refractivity contribution in [1.29, 1.82) is 0 Å². The van der Waals surface area contributed by atoms with E-state index in [0.29, 0.717) is 17.0 Å². The van der Waals surface area contributed by atoms with Crippen molar-refractivity contribution in [3.63, 3.8) is 0 Å². The summed E-state index contributed by atoms with van der Waals surface area (Å²) in [4.78, 5) is 25.4. The molecule has 0 saturated heterocycles. The van der Waals surface area contributed by atoms with E-state index in [0.717, 1.165) is 25.7 Å². The summed E-state index contributed by atoms with van der Waals surface area (Å²) in [6.07, 6.45) is 5.40. The molecule has 4 N–H and O–H groups in total. The lowest BCUT2D eigenvalue weighted by atomic mass is 9.99. The number of hydrogen-bond acceptors (Lipinski definition) is 4. The number of nitrogens with one attached hydrogen (secondary N) is 2. The average Bonchev–Trinajstić information content (AvgIpc) is 2.85. The Morgan fingerprint density at radius 1 is 1.38 bits per heavy atom. The maximum Gasteiger partial charge on any atom is 0.278 e. The van der Waals surface area contributed by atoms with Crippen molar-refractivity contribution in [3.05, 3.63) is 22.5 Å². The van der Waals surface area contributed by atoms with Crippen LogP contribution in [0.5, 0.6) is 0 Å². The molecule has 0 unspecified atom stereocenters. The van der Waals surface area contributed by atoms with Gasteiger partial charge in [0.05, 0.1) is 11.9 Å². The molecular formula is C10H13N5O. The van der Waals surface area contributed by atoms with Crippen molar-refractivity contribution in [3.8, 4) is 0 Å². The summed E-state index contributed by atoms with van der Waals surface area (Å²) in [6.45, 7) is 0. The van der Waals surface area contributed by atoms with Gasteiger partial charge in [0.15, 0.2) is 11.2 Å². The van der Waals surface area contributed by atoms with Gasteiger partial charge >= 0.3 is 0 Å². The minimum Gasteiger partial charge on any atom is -0.325 e. The third kappa shape index (κ3) is 1.26. The van der Waals surface area contributed by atoms with Crippen molar-refractivity contribution >= 4 is 11.2 Å². The number of H-pyrrole nitrogens is 2. The van der Waals surface area contributed by atoms with Gasteiger partial charge in [0.1, 0.15) is 5.82 Å². The van der Waals surface area contributed by atoms with E-state index in [-0.39, 0.29) is 5.56 Å². The lowest BCUT2D eigenvalue weighted by molar-refractivity contribution is 0.437. The van der Waals surface area contributed by atoms with Gasteiger partial charge in [-0.05, 0) is 12.8 Å². The van der Waals surface area contributed by atoms with Gasteiger partial charge < -0.3 is 15.7 Å². The summed E-state index contributed by atoms with van der Waals surface area (Å²) >= 11 is 0. The second-order valence-corrected chi connectivity index (χ2v) is 4.38. The fourth-order valence-corrected chi connectivity index (χ4v) is 2.32. The van der Waals surface area contributed by atoms with Crippen molar-refractivity contribution in [2.45, 2.75) is 31.2 Å². The van der Waals surface area contributed by atoms with Gasteiger partial charge in [0, 0.05) is 0 Å². The molecule has 1 aliphatic rings. The van der Waals surface area contributed by atoms with Crippen LogP contribution in [0.4, 0.5) is 0 Å². The molecule has 0 spiro atoms. The second kappa shape index (κ2) is 3.15. The van der Waals surface area contributed by atoms with Crippen LogP contribution in [0, 0.1) is 0 Å². The predicted molar refractivity (Wildman–Crippen MR) is 58.8 cm³/mol. The number of hydrogen-bond donors (Lipinski definition) is 3.